The molecule has 0 amide bonds. The van der Waals surface area contributed by atoms with Gasteiger partial charge < -0.3 is 5.11 Å². The summed E-state index contributed by atoms with van der Waals surface area (Å²) in [6.45, 7) is 17.6. The van der Waals surface area contributed by atoms with Gasteiger partial charge in [0.15, 0.2) is 0 Å². The second-order valence-electron chi connectivity index (χ2n) is 19.1. The quantitative estimate of drug-likeness (QED) is 0.139. The predicted octanol–water partition coefficient (Wildman–Crippen LogP) is 16.4. The summed E-state index contributed by atoms with van der Waals surface area (Å²) >= 11 is 0. The Morgan fingerprint density at radius 2 is 1.18 bits per heavy atom. The van der Waals surface area contributed by atoms with E-state index in [0.717, 1.165) is 96.5 Å². The first kappa shape index (κ1) is 44.8. The summed E-state index contributed by atoms with van der Waals surface area (Å²) in [5, 5.41) is 12.3. The van der Waals surface area contributed by atoms with E-state index in [1.165, 1.54) is 5.56 Å². The van der Waals surface area contributed by atoms with Crippen LogP contribution in [0.4, 0.5) is 0 Å². The van der Waals surface area contributed by atoms with E-state index in [4.69, 9.17) is 11.3 Å². The minimum absolute atomic E-state index is 0. The number of benzene rings is 7. The van der Waals surface area contributed by atoms with Crippen molar-refractivity contribution in [2.24, 2.45) is 0 Å². The third-order valence-electron chi connectivity index (χ3n) is 12.8. The van der Waals surface area contributed by atoms with E-state index in [2.05, 4.69) is 181 Å². The molecule has 0 saturated carbocycles. The first-order valence-corrected chi connectivity index (χ1v) is 22.9. The van der Waals surface area contributed by atoms with Crippen LogP contribution in [-0.2, 0) is 31.9 Å². The molecule has 0 spiro atoms. The average Bonchev–Trinajstić information content (AvgIpc) is 3.73. The predicted molar refractivity (Wildman–Crippen MR) is 273 cm³/mol. The third-order valence-corrected chi connectivity index (χ3v) is 12.8. The Morgan fingerprint density at radius 3 is 1.83 bits per heavy atom. The second-order valence-corrected chi connectivity index (χ2v) is 19.1. The molecule has 2 aromatic heterocycles. The van der Waals surface area contributed by atoms with Gasteiger partial charge in [0.25, 0.3) is 0 Å². The smallest absolute Gasteiger partial charge is 0.148 e. The Labute approximate surface area is 407 Å². The SMILES string of the molecule is [2H]C(CC)(CC)c1ccc(-c2ccnc(-c3[c-]c(-c4cccc5c4nc(-c4cccc(-c6ccccc6)c4O)n5-c4ccc(C(C)(C)C)cc4-c4ccccc4)cc(C(C)(C)C)c3)c2)cc1.[Pt]. The molecule has 0 unspecified atom stereocenters. The van der Waals surface area contributed by atoms with Gasteiger partial charge in [-0.25, -0.2) is 4.98 Å². The molecule has 0 bridgehead atoms. The zero-order chi connectivity index (χ0) is 46.4. The molecule has 334 valence electrons. The van der Waals surface area contributed by atoms with Crippen LogP contribution in [0.5, 0.6) is 5.75 Å². The number of nitrogens with zero attached hydrogens (tertiary/aromatic N) is 3. The van der Waals surface area contributed by atoms with Gasteiger partial charge >= 0.3 is 0 Å². The maximum atomic E-state index is 12.3. The Bertz CT molecular complexity index is 3190. The summed E-state index contributed by atoms with van der Waals surface area (Å²) in [7, 11) is 0. The van der Waals surface area contributed by atoms with Gasteiger partial charge in [0.05, 0.1) is 22.3 Å². The number of hydrogen-bond acceptors (Lipinski definition) is 3. The summed E-state index contributed by atoms with van der Waals surface area (Å²) < 4.78 is 11.2. The van der Waals surface area contributed by atoms with Crippen molar-refractivity contribution < 1.29 is 27.5 Å². The Kier molecular flexibility index (Phi) is 12.8. The van der Waals surface area contributed by atoms with E-state index >= 15 is 0 Å². The Hall–Kier alpha value is -6.35. The molecule has 2 heterocycles. The third kappa shape index (κ3) is 9.09. The second kappa shape index (κ2) is 18.9. The first-order valence-electron chi connectivity index (χ1n) is 23.4. The number of pyridine rings is 1. The van der Waals surface area contributed by atoms with Crippen LogP contribution in [0, 0.1) is 6.07 Å². The molecule has 4 nitrogen and oxygen atoms in total. The fourth-order valence-electron chi connectivity index (χ4n) is 8.96. The van der Waals surface area contributed by atoms with Crippen molar-refractivity contribution in [3.05, 3.63) is 193 Å². The summed E-state index contributed by atoms with van der Waals surface area (Å²) in [6, 6.07) is 60.6. The number of hydrogen-bond donors (Lipinski definition) is 1. The van der Waals surface area contributed by atoms with Crippen LogP contribution in [-0.4, -0.2) is 19.6 Å². The monoisotopic (exact) mass is 1040 g/mol. The van der Waals surface area contributed by atoms with Gasteiger partial charge in [0.2, 0.25) is 0 Å². The standard InChI is InChI=1S/C61H58N3O.Pt/c1-9-40(10-2)41-27-29-42(30-28-41)45-33-34-62-54(38-45)47-35-46(36-49(37-47)61(6,7)8)50-23-18-26-56-57(50)63-59(52-25-17-24-51(58(52)65)43-19-13-11-14-20-43)64(56)55-32-31-48(60(3,4)5)39-53(55)44-21-15-12-16-22-44;/h11-34,36-40,65H,9-10H2,1-8H3;/q-1;/i40D;. The fourth-order valence-corrected chi connectivity index (χ4v) is 8.96. The number of phenols is 1. The molecule has 0 aliphatic rings. The van der Waals surface area contributed by atoms with Crippen molar-refractivity contribution in [2.45, 2.75) is 85.0 Å². The largest absolute Gasteiger partial charge is 0.507 e. The molecule has 0 aliphatic heterocycles. The zero-order valence-corrected chi connectivity index (χ0v) is 41.5. The van der Waals surface area contributed by atoms with Gasteiger partial charge in [-0.2, -0.15) is 0 Å². The van der Waals surface area contributed by atoms with Gasteiger partial charge in [0, 0.05) is 45.5 Å². The van der Waals surface area contributed by atoms with Gasteiger partial charge in [0.1, 0.15) is 11.6 Å². The van der Waals surface area contributed by atoms with E-state index in [-0.39, 0.29) is 37.6 Å². The topological polar surface area (TPSA) is 50.9 Å². The van der Waals surface area contributed by atoms with E-state index in [1.54, 1.807) is 0 Å². The number of phenolic OH excluding ortho intramolecular Hbond substituents is 1. The number of para-hydroxylation sites is 2. The van der Waals surface area contributed by atoms with E-state index in [1.807, 2.05) is 54.7 Å². The Balaban J connectivity index is 0.00000608. The molecule has 1 N–H and O–H groups in total. The maximum Gasteiger partial charge on any atom is 0.148 e. The van der Waals surface area contributed by atoms with Crippen LogP contribution in [0.1, 0.15) is 92.2 Å². The van der Waals surface area contributed by atoms with Gasteiger partial charge in [-0.05, 0) is 93.3 Å². The van der Waals surface area contributed by atoms with Crippen LogP contribution in [0.25, 0.3) is 83.9 Å². The van der Waals surface area contributed by atoms with Gasteiger partial charge in [-0.1, -0.05) is 188 Å². The first-order chi connectivity index (χ1) is 31.7. The number of rotatable bonds is 10. The number of aromatic nitrogens is 3. The molecule has 9 aromatic rings. The van der Waals surface area contributed by atoms with Crippen molar-refractivity contribution >= 4 is 11.0 Å². The summed E-state index contributed by atoms with van der Waals surface area (Å²) in [5.41, 5.74) is 16.0. The van der Waals surface area contributed by atoms with Crippen LogP contribution in [0.15, 0.2) is 170 Å². The molecular weight excluding hydrogens is 986 g/mol. The van der Waals surface area contributed by atoms with E-state index in [9.17, 15) is 5.11 Å². The molecule has 7 aromatic carbocycles. The Morgan fingerprint density at radius 1 is 0.576 bits per heavy atom. The van der Waals surface area contributed by atoms with E-state index in [0.29, 0.717) is 11.4 Å². The summed E-state index contributed by atoms with van der Waals surface area (Å²) in [4.78, 5) is 10.5. The van der Waals surface area contributed by atoms with Crippen LogP contribution in [0.2, 0.25) is 0 Å². The molecule has 0 saturated heterocycles. The minimum atomic E-state index is -0.589. The molecule has 0 fully saturated rings. The molecule has 0 radical (unpaired) electrons. The van der Waals surface area contributed by atoms with Crippen LogP contribution < -0.4 is 0 Å². The molecule has 0 atom stereocenters. The molecule has 66 heavy (non-hydrogen) atoms. The van der Waals surface area contributed by atoms with Crippen molar-refractivity contribution in [1.29, 1.82) is 0 Å². The van der Waals surface area contributed by atoms with Crippen molar-refractivity contribution in [1.82, 2.24) is 14.5 Å². The molecule has 9 rings (SSSR count). The van der Waals surface area contributed by atoms with Gasteiger partial charge in [-0.3, -0.25) is 9.55 Å². The van der Waals surface area contributed by atoms with Crippen molar-refractivity contribution in [3.8, 4) is 78.6 Å². The van der Waals surface area contributed by atoms with Crippen molar-refractivity contribution in [2.75, 3.05) is 0 Å². The van der Waals surface area contributed by atoms with E-state index < -0.39 is 5.89 Å². The van der Waals surface area contributed by atoms with Crippen LogP contribution in [0.3, 0.4) is 0 Å². The maximum absolute atomic E-state index is 12.3. The molecule has 0 aliphatic carbocycles. The average molecular weight is 1050 g/mol. The normalized spacial score (nSPS) is 12.2. The molecule has 5 heteroatoms. The van der Waals surface area contributed by atoms with Gasteiger partial charge in [-0.15, -0.1) is 29.3 Å². The minimum Gasteiger partial charge on any atom is -0.507 e. The molecular formula is C61H58N3OPt-. The summed E-state index contributed by atoms with van der Waals surface area (Å²) in [5.74, 6) is 0.225. The number of imidazole rings is 1. The van der Waals surface area contributed by atoms with Crippen molar-refractivity contribution in [3.63, 3.8) is 0 Å². The number of fused-ring (bicyclic) bond motifs is 1. The van der Waals surface area contributed by atoms with Crippen LogP contribution >= 0.6 is 0 Å². The fraction of sp³-hybridized carbons (Fsp3) is 0.213. The number of aromatic hydroxyl groups is 1. The zero-order valence-electron chi connectivity index (χ0n) is 40.2. The summed E-state index contributed by atoms with van der Waals surface area (Å²) in [6.07, 6.45) is 3.41.